The zero-order chi connectivity index (χ0) is 15.4. The first-order chi connectivity index (χ1) is 10.1. The number of benzene rings is 1. The van der Waals surface area contributed by atoms with Gasteiger partial charge in [0.05, 0.1) is 7.11 Å². The zero-order valence-corrected chi connectivity index (χ0v) is 13.4. The quantitative estimate of drug-likeness (QED) is 0.914. The summed E-state index contributed by atoms with van der Waals surface area (Å²) in [6.45, 7) is 9.22. The highest BCUT2D eigenvalue weighted by molar-refractivity contribution is 5.58. The molecule has 0 aliphatic carbocycles. The first kappa shape index (κ1) is 15.4. The molecule has 2 aromatic rings. The van der Waals surface area contributed by atoms with Gasteiger partial charge in [0, 0.05) is 29.1 Å². The number of ether oxygens (including phenoxy) is 1. The van der Waals surface area contributed by atoms with Gasteiger partial charge in [-0.25, -0.2) is 9.97 Å². The predicted molar refractivity (Wildman–Crippen MR) is 85.6 cm³/mol. The van der Waals surface area contributed by atoms with Crippen LogP contribution in [0.4, 0.5) is 0 Å². The molecule has 112 valence electrons. The lowest BCUT2D eigenvalue weighted by molar-refractivity contribution is 0.412. The van der Waals surface area contributed by atoms with Crippen LogP contribution in [-0.4, -0.2) is 23.6 Å². The van der Waals surface area contributed by atoms with Crippen LogP contribution in [-0.2, 0) is 0 Å². The summed E-state index contributed by atoms with van der Waals surface area (Å²) >= 11 is 0. The summed E-state index contributed by atoms with van der Waals surface area (Å²) < 4.78 is 5.29. The second-order valence-corrected chi connectivity index (χ2v) is 5.20. The molecule has 2 rings (SSSR count). The SMILES string of the molecule is CCNC(C)c1cnc(-c2ccc(OC)c(C)c2)nc1C. The maximum Gasteiger partial charge on any atom is 0.159 e. The minimum Gasteiger partial charge on any atom is -0.496 e. The Kier molecular flexibility index (Phi) is 4.91. The van der Waals surface area contributed by atoms with Crippen LogP contribution in [0, 0.1) is 13.8 Å². The van der Waals surface area contributed by atoms with E-state index in [4.69, 9.17) is 4.74 Å². The average Bonchev–Trinajstić information content (AvgIpc) is 2.47. The molecule has 0 radical (unpaired) electrons. The number of hydrogen-bond acceptors (Lipinski definition) is 4. The molecule has 0 bridgehead atoms. The Bertz CT molecular complexity index is 625. The Labute approximate surface area is 126 Å². The molecule has 1 N–H and O–H groups in total. The molecule has 1 atom stereocenters. The van der Waals surface area contributed by atoms with Crippen molar-refractivity contribution in [3.05, 3.63) is 41.2 Å². The lowest BCUT2D eigenvalue weighted by Crippen LogP contribution is -2.19. The normalized spacial score (nSPS) is 12.2. The van der Waals surface area contributed by atoms with Crippen LogP contribution < -0.4 is 10.1 Å². The largest absolute Gasteiger partial charge is 0.496 e. The minimum atomic E-state index is 0.265. The molecule has 1 heterocycles. The molecule has 0 fully saturated rings. The Morgan fingerprint density at radius 2 is 2.05 bits per heavy atom. The van der Waals surface area contributed by atoms with E-state index in [0.29, 0.717) is 0 Å². The molecular formula is C17H23N3O. The van der Waals surface area contributed by atoms with Crippen molar-refractivity contribution < 1.29 is 4.74 Å². The maximum atomic E-state index is 5.29. The number of methoxy groups -OCH3 is 1. The fraction of sp³-hybridized carbons (Fsp3) is 0.412. The van der Waals surface area contributed by atoms with Crippen molar-refractivity contribution in [2.75, 3.05) is 13.7 Å². The van der Waals surface area contributed by atoms with Gasteiger partial charge in [-0.2, -0.15) is 0 Å². The monoisotopic (exact) mass is 285 g/mol. The van der Waals surface area contributed by atoms with Crippen molar-refractivity contribution in [1.29, 1.82) is 0 Å². The highest BCUT2D eigenvalue weighted by atomic mass is 16.5. The predicted octanol–water partition coefficient (Wildman–Crippen LogP) is 3.44. The molecule has 0 aliphatic heterocycles. The summed E-state index contributed by atoms with van der Waals surface area (Å²) in [7, 11) is 1.68. The van der Waals surface area contributed by atoms with Crippen molar-refractivity contribution in [2.45, 2.75) is 33.7 Å². The summed E-state index contributed by atoms with van der Waals surface area (Å²) in [6.07, 6.45) is 1.92. The molecule has 0 aliphatic rings. The van der Waals surface area contributed by atoms with Gasteiger partial charge in [-0.3, -0.25) is 0 Å². The molecule has 1 aromatic heterocycles. The van der Waals surface area contributed by atoms with Gasteiger partial charge in [0.15, 0.2) is 5.82 Å². The molecule has 4 nitrogen and oxygen atoms in total. The van der Waals surface area contributed by atoms with Crippen LogP contribution >= 0.6 is 0 Å². The number of aromatic nitrogens is 2. The molecule has 0 amide bonds. The van der Waals surface area contributed by atoms with Crippen molar-refractivity contribution >= 4 is 0 Å². The summed E-state index contributed by atoms with van der Waals surface area (Å²) in [5.74, 6) is 1.64. The number of nitrogens with zero attached hydrogens (tertiary/aromatic N) is 2. The smallest absolute Gasteiger partial charge is 0.159 e. The molecule has 1 unspecified atom stereocenters. The third kappa shape index (κ3) is 3.39. The van der Waals surface area contributed by atoms with E-state index >= 15 is 0 Å². The summed E-state index contributed by atoms with van der Waals surface area (Å²) in [5.41, 5.74) is 4.26. The highest BCUT2D eigenvalue weighted by Crippen LogP contribution is 2.25. The second-order valence-electron chi connectivity index (χ2n) is 5.20. The van der Waals surface area contributed by atoms with Crippen LogP contribution in [0.25, 0.3) is 11.4 Å². The van der Waals surface area contributed by atoms with Crippen molar-refractivity contribution in [3.8, 4) is 17.1 Å². The van der Waals surface area contributed by atoms with Crippen LogP contribution in [0.15, 0.2) is 24.4 Å². The maximum absolute atomic E-state index is 5.29. The Hall–Kier alpha value is -1.94. The third-order valence-corrected chi connectivity index (χ3v) is 3.65. The molecule has 4 heteroatoms. The van der Waals surface area contributed by atoms with E-state index in [0.717, 1.165) is 40.5 Å². The topological polar surface area (TPSA) is 47.0 Å². The summed E-state index contributed by atoms with van der Waals surface area (Å²) in [4.78, 5) is 9.17. The van der Waals surface area contributed by atoms with Crippen LogP contribution in [0.1, 0.15) is 36.7 Å². The summed E-state index contributed by atoms with van der Waals surface area (Å²) in [5, 5.41) is 3.39. The molecule has 21 heavy (non-hydrogen) atoms. The van der Waals surface area contributed by atoms with Gasteiger partial charge < -0.3 is 10.1 Å². The third-order valence-electron chi connectivity index (χ3n) is 3.65. The number of aryl methyl sites for hydroxylation is 2. The van der Waals surface area contributed by atoms with E-state index in [2.05, 4.69) is 35.2 Å². The van der Waals surface area contributed by atoms with Gasteiger partial charge in [0.25, 0.3) is 0 Å². The fourth-order valence-corrected chi connectivity index (χ4v) is 2.47. The first-order valence-corrected chi connectivity index (χ1v) is 7.28. The first-order valence-electron chi connectivity index (χ1n) is 7.28. The van der Waals surface area contributed by atoms with E-state index in [1.807, 2.05) is 32.2 Å². The lowest BCUT2D eigenvalue weighted by Gasteiger charge is -2.15. The lowest BCUT2D eigenvalue weighted by atomic mass is 10.1. The van der Waals surface area contributed by atoms with Crippen LogP contribution in [0.5, 0.6) is 5.75 Å². The molecule has 1 aromatic carbocycles. The standard InChI is InChI=1S/C17H23N3O/c1-6-18-12(3)15-10-19-17(20-13(15)4)14-7-8-16(21-5)11(2)9-14/h7-10,12,18H,6H2,1-5H3. The molecular weight excluding hydrogens is 262 g/mol. The van der Waals surface area contributed by atoms with Crippen LogP contribution in [0.2, 0.25) is 0 Å². The Morgan fingerprint density at radius 1 is 1.29 bits per heavy atom. The molecule has 0 spiro atoms. The van der Waals surface area contributed by atoms with E-state index in [1.165, 1.54) is 0 Å². The molecule has 0 saturated heterocycles. The Balaban J connectivity index is 2.33. The summed E-state index contributed by atoms with van der Waals surface area (Å²) in [6, 6.07) is 6.27. The number of hydrogen-bond donors (Lipinski definition) is 1. The van der Waals surface area contributed by atoms with Gasteiger partial charge >= 0.3 is 0 Å². The van der Waals surface area contributed by atoms with Crippen molar-refractivity contribution in [2.24, 2.45) is 0 Å². The van der Waals surface area contributed by atoms with E-state index in [-0.39, 0.29) is 6.04 Å². The minimum absolute atomic E-state index is 0.265. The van der Waals surface area contributed by atoms with Crippen LogP contribution in [0.3, 0.4) is 0 Å². The fourth-order valence-electron chi connectivity index (χ4n) is 2.47. The van der Waals surface area contributed by atoms with Gasteiger partial charge in [0.1, 0.15) is 5.75 Å². The average molecular weight is 285 g/mol. The second kappa shape index (κ2) is 6.68. The number of nitrogens with one attached hydrogen (secondary N) is 1. The number of rotatable bonds is 5. The zero-order valence-electron chi connectivity index (χ0n) is 13.4. The van der Waals surface area contributed by atoms with Crippen molar-refractivity contribution in [3.63, 3.8) is 0 Å². The van der Waals surface area contributed by atoms with E-state index in [9.17, 15) is 0 Å². The molecule has 0 saturated carbocycles. The van der Waals surface area contributed by atoms with Gasteiger partial charge in [0.2, 0.25) is 0 Å². The van der Waals surface area contributed by atoms with Gasteiger partial charge in [-0.1, -0.05) is 6.92 Å². The van der Waals surface area contributed by atoms with Gasteiger partial charge in [-0.15, -0.1) is 0 Å². The van der Waals surface area contributed by atoms with E-state index in [1.54, 1.807) is 7.11 Å². The highest BCUT2D eigenvalue weighted by Gasteiger charge is 2.11. The van der Waals surface area contributed by atoms with Gasteiger partial charge in [-0.05, 0) is 51.1 Å². The Morgan fingerprint density at radius 3 is 2.62 bits per heavy atom. The van der Waals surface area contributed by atoms with E-state index < -0.39 is 0 Å². The van der Waals surface area contributed by atoms with Crippen molar-refractivity contribution in [1.82, 2.24) is 15.3 Å².